The number of thiazole rings is 1. The van der Waals surface area contributed by atoms with Crippen molar-refractivity contribution in [3.63, 3.8) is 0 Å². The molecule has 0 radical (unpaired) electrons. The molecule has 3 rings (SSSR count). The molecule has 0 saturated carbocycles. The Morgan fingerprint density at radius 2 is 1.93 bits per heavy atom. The maximum Gasteiger partial charge on any atom is 0.238 e. The molecule has 0 aliphatic heterocycles. The van der Waals surface area contributed by atoms with E-state index >= 15 is 0 Å². The summed E-state index contributed by atoms with van der Waals surface area (Å²) in [5.41, 5.74) is 5.82. The number of rotatable bonds is 7. The largest absolute Gasteiger partial charge is 0.301 e. The van der Waals surface area contributed by atoms with E-state index in [1.807, 2.05) is 24.4 Å². The Morgan fingerprint density at radius 3 is 2.63 bits per heavy atom. The quantitative estimate of drug-likeness (QED) is 0.537. The van der Waals surface area contributed by atoms with Crippen molar-refractivity contribution in [2.24, 2.45) is 0 Å². The number of aromatic nitrogens is 1. The van der Waals surface area contributed by atoms with Crippen molar-refractivity contribution in [3.05, 3.63) is 70.6 Å². The van der Waals surface area contributed by atoms with Gasteiger partial charge in [-0.25, -0.2) is 4.98 Å². The normalized spacial score (nSPS) is 12.0. The lowest BCUT2D eigenvalue weighted by Gasteiger charge is -2.11. The van der Waals surface area contributed by atoms with Crippen molar-refractivity contribution in [2.45, 2.75) is 38.2 Å². The lowest BCUT2D eigenvalue weighted by molar-refractivity contribution is -0.115. The first-order valence-corrected chi connectivity index (χ1v) is 11.0. The van der Waals surface area contributed by atoms with Crippen LogP contribution in [0.3, 0.4) is 0 Å². The summed E-state index contributed by atoms with van der Waals surface area (Å²) in [6.07, 6.45) is 1.02. The molecule has 0 spiro atoms. The van der Waals surface area contributed by atoms with Crippen LogP contribution in [0.25, 0.3) is 11.3 Å². The van der Waals surface area contributed by atoms with E-state index in [1.54, 1.807) is 11.8 Å². The summed E-state index contributed by atoms with van der Waals surface area (Å²) in [5, 5.41) is 5.45. The van der Waals surface area contributed by atoms with Crippen LogP contribution in [0, 0.1) is 6.92 Å². The van der Waals surface area contributed by atoms with Gasteiger partial charge in [-0.1, -0.05) is 55.5 Å². The number of thioether (sulfide) groups is 1. The number of hydrogen-bond donors (Lipinski definition) is 1. The van der Waals surface area contributed by atoms with Crippen molar-refractivity contribution in [2.75, 3.05) is 5.32 Å². The number of aryl methyl sites for hydroxylation is 2. The number of amides is 1. The van der Waals surface area contributed by atoms with Gasteiger partial charge in [0.1, 0.15) is 0 Å². The average Bonchev–Trinajstić information content (AvgIpc) is 3.15. The van der Waals surface area contributed by atoms with E-state index in [2.05, 4.69) is 60.5 Å². The van der Waals surface area contributed by atoms with Gasteiger partial charge < -0.3 is 5.32 Å². The minimum absolute atomic E-state index is 0.00387. The SMILES string of the molecule is CCc1ccc(-c2csc(NC(=O)[C@H](C)SCc3ccccc3C)n2)cc1. The second-order valence-electron chi connectivity index (χ2n) is 6.46. The number of nitrogens with zero attached hydrogens (tertiary/aromatic N) is 1. The van der Waals surface area contributed by atoms with Gasteiger partial charge in [-0.3, -0.25) is 4.79 Å². The molecule has 5 heteroatoms. The molecule has 0 fully saturated rings. The standard InChI is InChI=1S/C22H24N2OS2/c1-4-17-9-11-18(12-10-17)20-14-27-22(23-20)24-21(25)16(3)26-13-19-8-6-5-7-15(19)2/h5-12,14,16H,4,13H2,1-3H3,(H,23,24,25)/t16-/m0/s1. The molecule has 1 amide bonds. The van der Waals surface area contributed by atoms with Crippen LogP contribution in [0.5, 0.6) is 0 Å². The molecule has 3 aromatic rings. The number of carbonyl (C=O) groups excluding carboxylic acids is 1. The van der Waals surface area contributed by atoms with Crippen molar-refractivity contribution in [1.82, 2.24) is 4.98 Å². The topological polar surface area (TPSA) is 42.0 Å². The summed E-state index contributed by atoms with van der Waals surface area (Å²) in [4.78, 5) is 17.1. The van der Waals surface area contributed by atoms with E-state index < -0.39 is 0 Å². The van der Waals surface area contributed by atoms with Crippen LogP contribution in [-0.4, -0.2) is 16.1 Å². The van der Waals surface area contributed by atoms with Crippen molar-refractivity contribution >= 4 is 34.1 Å². The van der Waals surface area contributed by atoms with Crippen LogP contribution in [0.4, 0.5) is 5.13 Å². The Hall–Kier alpha value is -2.11. The molecule has 1 atom stereocenters. The molecule has 1 heterocycles. The summed E-state index contributed by atoms with van der Waals surface area (Å²) in [5.74, 6) is 0.824. The predicted octanol–water partition coefficient (Wildman–Crippen LogP) is 5.94. The minimum atomic E-state index is -0.138. The van der Waals surface area contributed by atoms with Gasteiger partial charge in [-0.05, 0) is 37.0 Å². The smallest absolute Gasteiger partial charge is 0.238 e. The summed E-state index contributed by atoms with van der Waals surface area (Å²) in [6, 6.07) is 16.7. The monoisotopic (exact) mass is 396 g/mol. The molecule has 140 valence electrons. The molecule has 0 aliphatic carbocycles. The Bertz CT molecular complexity index is 903. The number of anilines is 1. The first kappa shape index (κ1) is 19.6. The van der Waals surface area contributed by atoms with Crippen LogP contribution in [0.1, 0.15) is 30.5 Å². The molecule has 1 aromatic heterocycles. The second kappa shape index (κ2) is 9.20. The highest BCUT2D eigenvalue weighted by atomic mass is 32.2. The number of carbonyl (C=O) groups is 1. The molecule has 3 nitrogen and oxygen atoms in total. The fourth-order valence-electron chi connectivity index (χ4n) is 2.64. The highest BCUT2D eigenvalue weighted by Gasteiger charge is 2.16. The molecule has 1 N–H and O–H groups in total. The summed E-state index contributed by atoms with van der Waals surface area (Å²) in [6.45, 7) is 6.19. The van der Waals surface area contributed by atoms with Gasteiger partial charge in [0.25, 0.3) is 0 Å². The van der Waals surface area contributed by atoms with E-state index in [4.69, 9.17) is 0 Å². The average molecular weight is 397 g/mol. The van der Waals surface area contributed by atoms with Crippen molar-refractivity contribution in [3.8, 4) is 11.3 Å². The fourth-order valence-corrected chi connectivity index (χ4v) is 4.33. The van der Waals surface area contributed by atoms with E-state index in [9.17, 15) is 4.79 Å². The number of nitrogens with one attached hydrogen (secondary N) is 1. The van der Waals surface area contributed by atoms with Crippen LogP contribution in [0.2, 0.25) is 0 Å². The Kier molecular flexibility index (Phi) is 6.69. The zero-order chi connectivity index (χ0) is 19.2. The molecule has 2 aromatic carbocycles. The third kappa shape index (κ3) is 5.21. The molecular weight excluding hydrogens is 372 g/mol. The minimum Gasteiger partial charge on any atom is -0.301 e. The lowest BCUT2D eigenvalue weighted by Crippen LogP contribution is -2.22. The van der Waals surface area contributed by atoms with E-state index in [-0.39, 0.29) is 11.2 Å². The Labute approximate surface area is 169 Å². The first-order chi connectivity index (χ1) is 13.1. The van der Waals surface area contributed by atoms with Crippen molar-refractivity contribution < 1.29 is 4.79 Å². The van der Waals surface area contributed by atoms with E-state index in [1.165, 1.54) is 28.0 Å². The summed E-state index contributed by atoms with van der Waals surface area (Å²) >= 11 is 3.11. The maximum atomic E-state index is 12.5. The third-order valence-electron chi connectivity index (χ3n) is 4.51. The zero-order valence-electron chi connectivity index (χ0n) is 15.9. The number of hydrogen-bond acceptors (Lipinski definition) is 4. The van der Waals surface area contributed by atoms with Gasteiger partial charge in [0, 0.05) is 16.7 Å². The van der Waals surface area contributed by atoms with Gasteiger partial charge in [-0.15, -0.1) is 23.1 Å². The highest BCUT2D eigenvalue weighted by Crippen LogP contribution is 2.26. The van der Waals surface area contributed by atoms with Crippen LogP contribution < -0.4 is 5.32 Å². The molecule has 0 unspecified atom stereocenters. The van der Waals surface area contributed by atoms with Crippen LogP contribution in [0.15, 0.2) is 53.9 Å². The Morgan fingerprint density at radius 1 is 1.19 bits per heavy atom. The van der Waals surface area contributed by atoms with Gasteiger partial charge >= 0.3 is 0 Å². The van der Waals surface area contributed by atoms with Crippen LogP contribution >= 0.6 is 23.1 Å². The van der Waals surface area contributed by atoms with Gasteiger partial charge in [0.15, 0.2) is 5.13 Å². The number of benzene rings is 2. The van der Waals surface area contributed by atoms with Gasteiger partial charge in [0.05, 0.1) is 10.9 Å². The predicted molar refractivity (Wildman–Crippen MR) is 117 cm³/mol. The van der Waals surface area contributed by atoms with Crippen molar-refractivity contribution in [1.29, 1.82) is 0 Å². The van der Waals surface area contributed by atoms with Crippen LogP contribution in [-0.2, 0) is 17.0 Å². The lowest BCUT2D eigenvalue weighted by atomic mass is 10.1. The molecule has 0 aliphatic rings. The summed E-state index contributed by atoms with van der Waals surface area (Å²) < 4.78 is 0. The maximum absolute atomic E-state index is 12.5. The fraction of sp³-hybridized carbons (Fsp3) is 0.273. The van der Waals surface area contributed by atoms with Gasteiger partial charge in [0.2, 0.25) is 5.91 Å². The molecular formula is C22H24N2OS2. The second-order valence-corrected chi connectivity index (χ2v) is 8.64. The summed E-state index contributed by atoms with van der Waals surface area (Å²) in [7, 11) is 0. The van der Waals surface area contributed by atoms with E-state index in [0.29, 0.717) is 5.13 Å². The van der Waals surface area contributed by atoms with Gasteiger partial charge in [-0.2, -0.15) is 0 Å². The molecule has 0 bridgehead atoms. The molecule has 0 saturated heterocycles. The highest BCUT2D eigenvalue weighted by molar-refractivity contribution is 7.99. The van der Waals surface area contributed by atoms with E-state index in [0.717, 1.165) is 23.4 Å². The Balaban J connectivity index is 1.57. The third-order valence-corrected chi connectivity index (χ3v) is 6.46. The zero-order valence-corrected chi connectivity index (χ0v) is 17.5. The molecule has 27 heavy (non-hydrogen) atoms. The first-order valence-electron chi connectivity index (χ1n) is 9.08.